The van der Waals surface area contributed by atoms with Crippen LogP contribution in [0.3, 0.4) is 0 Å². The van der Waals surface area contributed by atoms with E-state index in [1.807, 2.05) is 5.32 Å². The summed E-state index contributed by atoms with van der Waals surface area (Å²) in [6.07, 6.45) is 0. The Labute approximate surface area is 144 Å². The molecule has 1 aromatic carbocycles. The molecule has 0 saturated heterocycles. The number of hydrogen-bond acceptors (Lipinski definition) is 6. The highest BCUT2D eigenvalue weighted by atomic mass is 32.1. The van der Waals surface area contributed by atoms with Gasteiger partial charge in [0.2, 0.25) is 0 Å². The average molecular weight is 357 g/mol. The van der Waals surface area contributed by atoms with E-state index in [0.717, 1.165) is 11.3 Å². The zero-order valence-corrected chi connectivity index (χ0v) is 13.4. The highest BCUT2D eigenvalue weighted by molar-refractivity contribution is 7.14. The summed E-state index contributed by atoms with van der Waals surface area (Å²) < 4.78 is 5.13. The Balaban J connectivity index is 2.37. The van der Waals surface area contributed by atoms with E-state index in [9.17, 15) is 19.2 Å². The van der Waals surface area contributed by atoms with Crippen LogP contribution in [0.15, 0.2) is 44.9 Å². The van der Waals surface area contributed by atoms with Crippen molar-refractivity contribution < 1.29 is 18.8 Å². The maximum absolute atomic E-state index is 12.2. The van der Waals surface area contributed by atoms with E-state index in [-0.39, 0.29) is 22.3 Å². The van der Waals surface area contributed by atoms with Crippen LogP contribution in [0.5, 0.6) is 0 Å². The molecule has 4 amide bonds. The summed E-state index contributed by atoms with van der Waals surface area (Å²) in [6, 6.07) is 6.97. The molecule has 0 aliphatic rings. The van der Waals surface area contributed by atoms with Crippen molar-refractivity contribution in [3.63, 3.8) is 0 Å². The highest BCUT2D eigenvalue weighted by Crippen LogP contribution is 2.36. The second-order valence-corrected chi connectivity index (χ2v) is 5.90. The van der Waals surface area contributed by atoms with Gasteiger partial charge in [-0.15, -0.1) is 11.3 Å². The van der Waals surface area contributed by atoms with E-state index in [1.165, 1.54) is 6.07 Å². The highest BCUT2D eigenvalue weighted by Gasteiger charge is 2.25. The lowest BCUT2D eigenvalue weighted by atomic mass is 10.00. The summed E-state index contributed by atoms with van der Waals surface area (Å²) >= 11 is 1.11. The molecule has 0 fully saturated rings. The van der Waals surface area contributed by atoms with Gasteiger partial charge < -0.3 is 15.9 Å². The van der Waals surface area contributed by atoms with Crippen molar-refractivity contribution in [1.82, 2.24) is 5.32 Å². The van der Waals surface area contributed by atoms with Gasteiger partial charge in [-0.2, -0.15) is 0 Å². The van der Waals surface area contributed by atoms with Crippen molar-refractivity contribution >= 4 is 40.2 Å². The maximum Gasteiger partial charge on any atom is 0.349 e. The van der Waals surface area contributed by atoms with Gasteiger partial charge in [-0.1, -0.05) is 18.2 Å². The van der Waals surface area contributed by atoms with Crippen LogP contribution in [-0.4, -0.2) is 17.8 Å². The smallest absolute Gasteiger partial charge is 0.349 e. The molecule has 0 saturated carbocycles. The Morgan fingerprint density at radius 1 is 1.08 bits per heavy atom. The third kappa shape index (κ3) is 2.88. The first kappa shape index (κ1) is 16.4. The topological polar surface area (TPSA) is 145 Å². The molecule has 126 valence electrons. The van der Waals surface area contributed by atoms with Crippen LogP contribution in [0, 0.1) is 0 Å². The predicted molar refractivity (Wildman–Crippen MR) is 91.4 cm³/mol. The molecule has 0 atom stereocenters. The summed E-state index contributed by atoms with van der Waals surface area (Å²) in [4.78, 5) is 47.5. The molecule has 8 nitrogen and oxygen atoms in total. The Morgan fingerprint density at radius 3 is 2.48 bits per heavy atom. The van der Waals surface area contributed by atoms with Crippen LogP contribution in [0.4, 0.5) is 4.79 Å². The molecule has 3 aromatic rings. The molecule has 0 aliphatic carbocycles. The number of imide groups is 1. The summed E-state index contributed by atoms with van der Waals surface area (Å²) in [5.41, 5.74) is 9.56. The van der Waals surface area contributed by atoms with Gasteiger partial charge in [0.25, 0.3) is 11.8 Å². The number of fused-ring (bicyclic) bond motifs is 1. The Morgan fingerprint density at radius 2 is 1.80 bits per heavy atom. The zero-order valence-electron chi connectivity index (χ0n) is 12.6. The summed E-state index contributed by atoms with van der Waals surface area (Å²) in [5, 5.41) is 3.97. The van der Waals surface area contributed by atoms with Crippen LogP contribution < -0.4 is 22.4 Å². The Bertz CT molecular complexity index is 1080. The number of rotatable bonds is 3. The van der Waals surface area contributed by atoms with E-state index in [0.29, 0.717) is 10.3 Å². The SMILES string of the molecule is NC(=O)NC(=O)c1ccsc1-c1c(C(N)=O)c(=O)oc2ccccc12. The van der Waals surface area contributed by atoms with Crippen LogP contribution in [0.1, 0.15) is 20.7 Å². The number of carbonyl (C=O) groups is 3. The molecule has 0 radical (unpaired) electrons. The number of nitrogens with one attached hydrogen (secondary N) is 1. The fourth-order valence-corrected chi connectivity index (χ4v) is 3.43. The second kappa shape index (κ2) is 6.21. The number of benzene rings is 1. The molecule has 5 N–H and O–H groups in total. The average Bonchev–Trinajstić information content (AvgIpc) is 3.01. The van der Waals surface area contributed by atoms with Gasteiger partial charge in [-0.05, 0) is 17.5 Å². The van der Waals surface area contributed by atoms with Gasteiger partial charge in [-0.3, -0.25) is 14.9 Å². The molecule has 0 unspecified atom stereocenters. The van der Waals surface area contributed by atoms with E-state index >= 15 is 0 Å². The lowest BCUT2D eigenvalue weighted by Gasteiger charge is -2.10. The monoisotopic (exact) mass is 357 g/mol. The number of para-hydroxylation sites is 1. The number of hydrogen-bond donors (Lipinski definition) is 3. The zero-order chi connectivity index (χ0) is 18.1. The Hall–Kier alpha value is -3.46. The van der Waals surface area contributed by atoms with Crippen molar-refractivity contribution in [2.75, 3.05) is 0 Å². The minimum Gasteiger partial charge on any atom is -0.422 e. The number of nitrogens with two attached hydrogens (primary N) is 2. The number of urea groups is 1. The van der Waals surface area contributed by atoms with Gasteiger partial charge in [0.1, 0.15) is 11.1 Å². The molecule has 0 aliphatic heterocycles. The normalized spacial score (nSPS) is 10.6. The maximum atomic E-state index is 12.2. The lowest BCUT2D eigenvalue weighted by molar-refractivity contribution is 0.0963. The molecule has 3 rings (SSSR count). The van der Waals surface area contributed by atoms with Crippen molar-refractivity contribution in [3.8, 4) is 10.4 Å². The van der Waals surface area contributed by atoms with Crippen LogP contribution >= 0.6 is 11.3 Å². The van der Waals surface area contributed by atoms with Gasteiger partial charge in [0.05, 0.1) is 5.56 Å². The van der Waals surface area contributed by atoms with Crippen LogP contribution in [-0.2, 0) is 0 Å². The van der Waals surface area contributed by atoms with E-state index in [1.54, 1.807) is 29.6 Å². The molecule has 2 heterocycles. The van der Waals surface area contributed by atoms with Crippen molar-refractivity contribution in [3.05, 3.63) is 57.3 Å². The van der Waals surface area contributed by atoms with Gasteiger partial charge in [0.15, 0.2) is 0 Å². The summed E-state index contributed by atoms with van der Waals surface area (Å²) in [6.45, 7) is 0. The lowest BCUT2D eigenvalue weighted by Crippen LogP contribution is -2.35. The summed E-state index contributed by atoms with van der Waals surface area (Å²) in [7, 11) is 0. The molecular weight excluding hydrogens is 346 g/mol. The predicted octanol–water partition coefficient (Wildman–Crippen LogP) is 1.43. The fourth-order valence-electron chi connectivity index (χ4n) is 2.47. The van der Waals surface area contributed by atoms with Crippen molar-refractivity contribution in [2.45, 2.75) is 0 Å². The van der Waals surface area contributed by atoms with Crippen molar-refractivity contribution in [2.24, 2.45) is 11.5 Å². The van der Waals surface area contributed by atoms with Crippen LogP contribution in [0.25, 0.3) is 21.4 Å². The van der Waals surface area contributed by atoms with E-state index < -0.39 is 23.5 Å². The fraction of sp³-hybridized carbons (Fsp3) is 0. The molecule has 0 bridgehead atoms. The Kier molecular flexibility index (Phi) is 4.07. The second-order valence-electron chi connectivity index (χ2n) is 4.98. The number of amides is 4. The van der Waals surface area contributed by atoms with E-state index in [2.05, 4.69) is 0 Å². The number of carbonyl (C=O) groups excluding carboxylic acids is 3. The number of thiophene rings is 1. The first-order valence-corrected chi connectivity index (χ1v) is 7.82. The molecule has 9 heteroatoms. The summed E-state index contributed by atoms with van der Waals surface area (Å²) in [5.74, 6) is -1.74. The third-order valence-corrected chi connectivity index (χ3v) is 4.37. The number of primary amides is 2. The van der Waals surface area contributed by atoms with Crippen molar-refractivity contribution in [1.29, 1.82) is 0 Å². The molecule has 0 spiro atoms. The standard InChI is InChI=1S/C16H11N3O5S/c17-13(20)11-10(7-3-1-2-4-9(7)24-15(11)22)12-8(5-6-25-12)14(21)19-16(18)23/h1-6H,(H2,17,20)(H3,18,19,21,23). The van der Waals surface area contributed by atoms with E-state index in [4.69, 9.17) is 15.9 Å². The molecule has 25 heavy (non-hydrogen) atoms. The largest absolute Gasteiger partial charge is 0.422 e. The molecule has 2 aromatic heterocycles. The first-order chi connectivity index (χ1) is 11.9. The quantitative estimate of drug-likeness (QED) is 0.607. The van der Waals surface area contributed by atoms with Gasteiger partial charge >= 0.3 is 11.7 Å². The third-order valence-electron chi connectivity index (χ3n) is 3.43. The minimum absolute atomic E-state index is 0.0852. The molecular formula is C16H11N3O5S. The van der Waals surface area contributed by atoms with Gasteiger partial charge in [0, 0.05) is 15.8 Å². The first-order valence-electron chi connectivity index (χ1n) is 6.94. The minimum atomic E-state index is -1.02. The van der Waals surface area contributed by atoms with Crippen LogP contribution in [0.2, 0.25) is 0 Å². The van der Waals surface area contributed by atoms with Gasteiger partial charge in [-0.25, -0.2) is 9.59 Å².